The van der Waals surface area contributed by atoms with Gasteiger partial charge in [-0.3, -0.25) is 0 Å². The fourth-order valence-corrected chi connectivity index (χ4v) is 2.63. The van der Waals surface area contributed by atoms with E-state index in [-0.39, 0.29) is 0 Å². The van der Waals surface area contributed by atoms with Gasteiger partial charge in [0.2, 0.25) is 0 Å². The maximum Gasteiger partial charge on any atom is 0.0951 e. The second-order valence-corrected chi connectivity index (χ2v) is 5.52. The molecule has 0 bridgehead atoms. The number of nitrogens with one attached hydrogen (secondary N) is 1. The quantitative estimate of drug-likeness (QED) is 0.773. The van der Waals surface area contributed by atoms with E-state index in [0.717, 1.165) is 12.2 Å². The fraction of sp³-hybridized carbons (Fsp3) is 0.235. The van der Waals surface area contributed by atoms with E-state index in [1.165, 1.54) is 24.2 Å². The molecule has 1 aliphatic rings. The van der Waals surface area contributed by atoms with Crippen LogP contribution >= 0.6 is 0 Å². The highest BCUT2D eigenvalue weighted by atomic mass is 15.1. The zero-order valence-corrected chi connectivity index (χ0v) is 11.8. The van der Waals surface area contributed by atoms with Gasteiger partial charge < -0.3 is 14.5 Å². The Morgan fingerprint density at radius 3 is 2.81 bits per heavy atom. The summed E-state index contributed by atoms with van der Waals surface area (Å²) >= 11 is 0. The van der Waals surface area contributed by atoms with Crippen LogP contribution in [0.25, 0.3) is 5.69 Å². The average Bonchev–Trinajstić information content (AvgIpc) is 3.04. The predicted molar refractivity (Wildman–Crippen MR) is 83.6 cm³/mol. The standard InChI is InChI=1S/C17H18N4/c1-2-9-20(8-1)16-5-3-4-14(10-16)19-12-17-11-18-13-21(17)15-6-7-15/h1-5,8-11,13,15,19H,6-7,12H2. The number of hydrogen-bond acceptors (Lipinski definition) is 2. The number of rotatable bonds is 5. The summed E-state index contributed by atoms with van der Waals surface area (Å²) in [6.45, 7) is 0.811. The van der Waals surface area contributed by atoms with Crippen molar-refractivity contribution in [2.45, 2.75) is 25.4 Å². The lowest BCUT2D eigenvalue weighted by Gasteiger charge is -2.11. The van der Waals surface area contributed by atoms with E-state index in [9.17, 15) is 0 Å². The Bertz CT molecular complexity index is 723. The number of nitrogens with zero attached hydrogens (tertiary/aromatic N) is 3. The van der Waals surface area contributed by atoms with Gasteiger partial charge in [0.05, 0.1) is 18.6 Å². The molecule has 1 saturated carbocycles. The number of anilines is 1. The van der Waals surface area contributed by atoms with Gasteiger partial charge in [-0.2, -0.15) is 0 Å². The Balaban J connectivity index is 1.49. The summed E-state index contributed by atoms with van der Waals surface area (Å²) in [6, 6.07) is 13.2. The van der Waals surface area contributed by atoms with Crippen LogP contribution in [0.15, 0.2) is 61.3 Å². The SMILES string of the molecule is c1cc(NCc2cncn2C2CC2)cc(-n2cccc2)c1. The van der Waals surface area contributed by atoms with E-state index >= 15 is 0 Å². The van der Waals surface area contributed by atoms with Crippen LogP contribution < -0.4 is 5.32 Å². The van der Waals surface area contributed by atoms with Gasteiger partial charge in [-0.15, -0.1) is 0 Å². The molecule has 1 fully saturated rings. The van der Waals surface area contributed by atoms with Crippen molar-refractivity contribution in [1.82, 2.24) is 14.1 Å². The fourth-order valence-electron chi connectivity index (χ4n) is 2.63. The molecule has 2 heterocycles. The molecule has 4 rings (SSSR count). The Morgan fingerprint density at radius 1 is 1.14 bits per heavy atom. The van der Waals surface area contributed by atoms with Crippen molar-refractivity contribution >= 4 is 5.69 Å². The van der Waals surface area contributed by atoms with Crippen LogP contribution in [-0.4, -0.2) is 14.1 Å². The summed E-state index contributed by atoms with van der Waals surface area (Å²) in [5.41, 5.74) is 3.55. The van der Waals surface area contributed by atoms with Crippen LogP contribution in [0.2, 0.25) is 0 Å². The number of hydrogen-bond donors (Lipinski definition) is 1. The first kappa shape index (κ1) is 12.3. The minimum Gasteiger partial charge on any atom is -0.379 e. The first-order valence-electron chi connectivity index (χ1n) is 7.38. The van der Waals surface area contributed by atoms with Crippen LogP contribution in [-0.2, 0) is 6.54 Å². The lowest BCUT2D eigenvalue weighted by Crippen LogP contribution is -2.06. The molecule has 0 amide bonds. The minimum absolute atomic E-state index is 0.676. The minimum atomic E-state index is 0.676. The summed E-state index contributed by atoms with van der Waals surface area (Å²) in [5, 5.41) is 3.50. The monoisotopic (exact) mass is 278 g/mol. The third kappa shape index (κ3) is 2.57. The highest BCUT2D eigenvalue weighted by Gasteiger charge is 2.24. The molecule has 0 saturated heterocycles. The topological polar surface area (TPSA) is 34.8 Å². The lowest BCUT2D eigenvalue weighted by atomic mass is 10.2. The molecule has 3 aromatic rings. The Kier molecular flexibility index (Phi) is 2.99. The number of imidazole rings is 1. The van der Waals surface area contributed by atoms with Crippen molar-refractivity contribution in [2.75, 3.05) is 5.32 Å². The van der Waals surface area contributed by atoms with Crippen molar-refractivity contribution in [3.05, 3.63) is 67.0 Å². The number of benzene rings is 1. The molecule has 0 spiro atoms. The molecule has 4 heteroatoms. The highest BCUT2D eigenvalue weighted by Crippen LogP contribution is 2.35. The van der Waals surface area contributed by atoms with Gasteiger partial charge in [0.1, 0.15) is 0 Å². The van der Waals surface area contributed by atoms with Crippen molar-refractivity contribution in [3.8, 4) is 5.69 Å². The zero-order valence-electron chi connectivity index (χ0n) is 11.8. The van der Waals surface area contributed by atoms with E-state index in [4.69, 9.17) is 0 Å². The molecule has 0 aliphatic heterocycles. The molecule has 106 valence electrons. The third-order valence-electron chi connectivity index (χ3n) is 3.91. The van der Waals surface area contributed by atoms with Gasteiger partial charge in [0.15, 0.2) is 0 Å². The molecular weight excluding hydrogens is 260 g/mol. The molecule has 21 heavy (non-hydrogen) atoms. The van der Waals surface area contributed by atoms with E-state index in [1.807, 2.05) is 24.7 Å². The maximum atomic E-state index is 4.27. The van der Waals surface area contributed by atoms with E-state index < -0.39 is 0 Å². The summed E-state index contributed by atoms with van der Waals surface area (Å²) in [6.07, 6.45) is 10.6. The van der Waals surface area contributed by atoms with Gasteiger partial charge in [-0.05, 0) is 43.2 Å². The average molecular weight is 278 g/mol. The van der Waals surface area contributed by atoms with Crippen molar-refractivity contribution in [3.63, 3.8) is 0 Å². The predicted octanol–water partition coefficient (Wildman–Crippen LogP) is 3.62. The number of aromatic nitrogens is 3. The maximum absolute atomic E-state index is 4.27. The molecule has 0 atom stereocenters. The van der Waals surface area contributed by atoms with Gasteiger partial charge in [-0.1, -0.05) is 6.07 Å². The van der Waals surface area contributed by atoms with E-state index in [2.05, 4.69) is 56.1 Å². The summed E-state index contributed by atoms with van der Waals surface area (Å²) in [5.74, 6) is 0. The smallest absolute Gasteiger partial charge is 0.0951 e. The summed E-state index contributed by atoms with van der Waals surface area (Å²) in [4.78, 5) is 4.27. The second kappa shape index (κ2) is 5.13. The van der Waals surface area contributed by atoms with E-state index in [0.29, 0.717) is 6.04 Å². The van der Waals surface area contributed by atoms with Crippen molar-refractivity contribution in [1.29, 1.82) is 0 Å². The van der Waals surface area contributed by atoms with Crippen LogP contribution in [0.3, 0.4) is 0 Å². The second-order valence-electron chi connectivity index (χ2n) is 5.52. The zero-order chi connectivity index (χ0) is 14.1. The first-order chi connectivity index (χ1) is 10.4. The normalized spacial score (nSPS) is 14.3. The van der Waals surface area contributed by atoms with Gasteiger partial charge >= 0.3 is 0 Å². The van der Waals surface area contributed by atoms with E-state index in [1.54, 1.807) is 0 Å². The summed E-state index contributed by atoms with van der Waals surface area (Å²) < 4.78 is 4.41. The van der Waals surface area contributed by atoms with Crippen molar-refractivity contribution in [2.24, 2.45) is 0 Å². The van der Waals surface area contributed by atoms with Gasteiger partial charge in [0, 0.05) is 36.0 Å². The van der Waals surface area contributed by atoms with Crippen LogP contribution in [0, 0.1) is 0 Å². The Labute approximate surface area is 124 Å². The van der Waals surface area contributed by atoms with Crippen molar-refractivity contribution < 1.29 is 0 Å². The summed E-state index contributed by atoms with van der Waals surface area (Å²) in [7, 11) is 0. The molecule has 1 aromatic carbocycles. The first-order valence-corrected chi connectivity index (χ1v) is 7.38. The third-order valence-corrected chi connectivity index (χ3v) is 3.91. The lowest BCUT2D eigenvalue weighted by molar-refractivity contribution is 0.701. The van der Waals surface area contributed by atoms with Crippen LogP contribution in [0.1, 0.15) is 24.6 Å². The largest absolute Gasteiger partial charge is 0.379 e. The molecule has 2 aromatic heterocycles. The van der Waals surface area contributed by atoms with Crippen LogP contribution in [0.5, 0.6) is 0 Å². The molecule has 0 radical (unpaired) electrons. The highest BCUT2D eigenvalue weighted by molar-refractivity contribution is 5.51. The molecule has 4 nitrogen and oxygen atoms in total. The molecule has 1 aliphatic carbocycles. The Hall–Kier alpha value is -2.49. The molecule has 1 N–H and O–H groups in total. The molecular formula is C17H18N4. The van der Waals surface area contributed by atoms with Crippen LogP contribution in [0.4, 0.5) is 5.69 Å². The van der Waals surface area contributed by atoms with Gasteiger partial charge in [0.25, 0.3) is 0 Å². The molecule has 0 unspecified atom stereocenters. The Morgan fingerprint density at radius 2 is 2.00 bits per heavy atom. The van der Waals surface area contributed by atoms with Gasteiger partial charge in [-0.25, -0.2) is 4.98 Å².